The Hall–Kier alpha value is -3.24. The van der Waals surface area contributed by atoms with Crippen molar-refractivity contribution in [1.82, 2.24) is 25.2 Å². The molecule has 1 aliphatic heterocycles. The van der Waals surface area contributed by atoms with Gasteiger partial charge in [0.2, 0.25) is 0 Å². The van der Waals surface area contributed by atoms with Crippen LogP contribution in [0.4, 0.5) is 13.2 Å². The lowest BCUT2D eigenvalue weighted by Gasteiger charge is -2.34. The summed E-state index contributed by atoms with van der Waals surface area (Å²) in [5, 5.41) is 10.4. The third kappa shape index (κ3) is 4.97. The molecule has 7 nitrogen and oxygen atoms in total. The van der Waals surface area contributed by atoms with Crippen molar-refractivity contribution in [1.29, 1.82) is 0 Å². The summed E-state index contributed by atoms with van der Waals surface area (Å²) < 4.78 is 46.3. The van der Waals surface area contributed by atoms with Gasteiger partial charge in [-0.2, -0.15) is 13.2 Å². The summed E-state index contributed by atoms with van der Waals surface area (Å²) >= 11 is 0. The van der Waals surface area contributed by atoms with E-state index in [-0.39, 0.29) is 17.4 Å². The number of ether oxygens (including phenoxy) is 1. The highest BCUT2D eigenvalue weighted by atomic mass is 19.4. The van der Waals surface area contributed by atoms with E-state index in [9.17, 15) is 18.0 Å². The monoisotopic (exact) mass is 445 g/mol. The molecule has 0 bridgehead atoms. The number of hydrogen-bond donors (Lipinski definition) is 1. The molecular weight excluding hydrogens is 423 g/mol. The summed E-state index contributed by atoms with van der Waals surface area (Å²) in [6.45, 7) is 3.02. The van der Waals surface area contributed by atoms with E-state index in [2.05, 4.69) is 20.5 Å². The second kappa shape index (κ2) is 9.49. The Bertz CT molecular complexity index is 1050. The number of rotatable bonds is 6. The highest BCUT2D eigenvalue weighted by Gasteiger charge is 2.34. The summed E-state index contributed by atoms with van der Waals surface area (Å²) in [6.07, 6.45) is -3.35. The van der Waals surface area contributed by atoms with Crippen molar-refractivity contribution in [2.75, 3.05) is 32.8 Å². The molecule has 1 N–H and O–H groups in total. The van der Waals surface area contributed by atoms with Crippen LogP contribution in [0, 0.1) is 0 Å². The van der Waals surface area contributed by atoms with Gasteiger partial charge in [-0.25, -0.2) is 4.68 Å². The third-order valence-electron chi connectivity index (χ3n) is 5.31. The van der Waals surface area contributed by atoms with E-state index in [1.165, 1.54) is 24.4 Å². The molecule has 1 fully saturated rings. The largest absolute Gasteiger partial charge is 0.418 e. The molecule has 1 amide bonds. The van der Waals surface area contributed by atoms with Crippen molar-refractivity contribution < 1.29 is 22.7 Å². The summed E-state index contributed by atoms with van der Waals surface area (Å²) in [5.41, 5.74) is -0.0522. The average molecular weight is 445 g/mol. The first-order valence-corrected chi connectivity index (χ1v) is 10.2. The SMILES string of the molecule is O=C(NCC(c1ccccc1)N1CCOCC1)c1cn(-c2ccccc2C(F)(F)F)nn1. The maximum atomic E-state index is 13.3. The van der Waals surface area contributed by atoms with Crippen molar-refractivity contribution in [2.24, 2.45) is 0 Å². The summed E-state index contributed by atoms with van der Waals surface area (Å²) in [4.78, 5) is 14.9. The standard InChI is InChI=1S/C22H22F3N5O2/c23-22(24,25)17-8-4-5-9-19(17)30-15-18(27-28-30)21(31)26-14-20(16-6-2-1-3-7-16)29-10-12-32-13-11-29/h1-9,15,20H,10-14H2,(H,26,31). The van der Waals surface area contributed by atoms with Gasteiger partial charge >= 0.3 is 6.18 Å². The van der Waals surface area contributed by atoms with E-state index in [4.69, 9.17) is 4.74 Å². The zero-order valence-electron chi connectivity index (χ0n) is 17.1. The number of amides is 1. The first-order chi connectivity index (χ1) is 15.4. The molecule has 1 aliphatic rings. The minimum absolute atomic E-state index is 0.0595. The van der Waals surface area contributed by atoms with Crippen molar-refractivity contribution in [3.8, 4) is 5.69 Å². The van der Waals surface area contributed by atoms with Crippen LogP contribution in [0.1, 0.15) is 27.7 Å². The molecule has 2 heterocycles. The molecule has 1 aromatic heterocycles. The zero-order chi connectivity index (χ0) is 22.6. The van der Waals surface area contributed by atoms with E-state index >= 15 is 0 Å². The number of carbonyl (C=O) groups excluding carboxylic acids is 1. The van der Waals surface area contributed by atoms with Gasteiger partial charge in [0, 0.05) is 19.6 Å². The molecule has 0 radical (unpaired) electrons. The molecule has 2 aromatic carbocycles. The van der Waals surface area contributed by atoms with Gasteiger partial charge in [0.15, 0.2) is 5.69 Å². The highest BCUT2D eigenvalue weighted by molar-refractivity contribution is 5.91. The zero-order valence-corrected chi connectivity index (χ0v) is 17.1. The van der Waals surface area contributed by atoms with Gasteiger partial charge in [0.05, 0.1) is 36.7 Å². The Balaban J connectivity index is 1.49. The van der Waals surface area contributed by atoms with E-state index in [0.717, 1.165) is 29.4 Å². The number of alkyl halides is 3. The smallest absolute Gasteiger partial charge is 0.379 e. The lowest BCUT2D eigenvalue weighted by molar-refractivity contribution is -0.137. The molecule has 3 aromatic rings. The van der Waals surface area contributed by atoms with E-state index < -0.39 is 17.6 Å². The fourth-order valence-electron chi connectivity index (χ4n) is 3.70. The van der Waals surface area contributed by atoms with Gasteiger partial charge in [-0.1, -0.05) is 47.7 Å². The van der Waals surface area contributed by atoms with Crippen LogP contribution in [0.5, 0.6) is 0 Å². The number of halogens is 3. The lowest BCUT2D eigenvalue weighted by atomic mass is 10.0. The first-order valence-electron chi connectivity index (χ1n) is 10.2. The highest BCUT2D eigenvalue weighted by Crippen LogP contribution is 2.33. The number of nitrogens with one attached hydrogen (secondary N) is 1. The van der Waals surface area contributed by atoms with Crippen molar-refractivity contribution in [3.05, 3.63) is 77.6 Å². The van der Waals surface area contributed by atoms with Gasteiger partial charge < -0.3 is 10.1 Å². The third-order valence-corrected chi connectivity index (χ3v) is 5.31. The van der Waals surface area contributed by atoms with Crippen molar-refractivity contribution >= 4 is 5.91 Å². The average Bonchev–Trinajstić information content (AvgIpc) is 3.30. The van der Waals surface area contributed by atoms with Crippen LogP contribution in [0.2, 0.25) is 0 Å². The maximum Gasteiger partial charge on any atom is 0.418 e. The quantitative estimate of drug-likeness (QED) is 0.632. The molecule has 0 saturated carbocycles. The molecule has 32 heavy (non-hydrogen) atoms. The Morgan fingerprint density at radius 2 is 1.75 bits per heavy atom. The fraction of sp³-hybridized carbons (Fsp3) is 0.318. The Morgan fingerprint density at radius 3 is 2.47 bits per heavy atom. The van der Waals surface area contributed by atoms with Crippen LogP contribution in [0.25, 0.3) is 5.69 Å². The Kier molecular flexibility index (Phi) is 6.52. The molecule has 1 unspecified atom stereocenters. The summed E-state index contributed by atoms with van der Waals surface area (Å²) in [5.74, 6) is -0.505. The van der Waals surface area contributed by atoms with Crippen LogP contribution < -0.4 is 5.32 Å². The number of carbonyl (C=O) groups is 1. The number of morpholine rings is 1. The Morgan fingerprint density at radius 1 is 1.06 bits per heavy atom. The predicted octanol–water partition coefficient (Wildman–Crippen LogP) is 3.09. The number of hydrogen-bond acceptors (Lipinski definition) is 5. The molecule has 1 saturated heterocycles. The van der Waals surface area contributed by atoms with Crippen LogP contribution in [0.3, 0.4) is 0 Å². The van der Waals surface area contributed by atoms with E-state index in [1.807, 2.05) is 30.3 Å². The Labute approximate surface area is 182 Å². The molecular formula is C22H22F3N5O2. The number of benzene rings is 2. The number of nitrogens with zero attached hydrogens (tertiary/aromatic N) is 4. The topological polar surface area (TPSA) is 72.3 Å². The fourth-order valence-corrected chi connectivity index (χ4v) is 3.70. The van der Waals surface area contributed by atoms with E-state index in [0.29, 0.717) is 19.8 Å². The maximum absolute atomic E-state index is 13.3. The van der Waals surface area contributed by atoms with Gasteiger partial charge in [-0.05, 0) is 17.7 Å². The minimum atomic E-state index is -4.55. The van der Waals surface area contributed by atoms with Gasteiger partial charge in [-0.3, -0.25) is 9.69 Å². The molecule has 1 atom stereocenters. The minimum Gasteiger partial charge on any atom is -0.379 e. The molecule has 10 heteroatoms. The van der Waals surface area contributed by atoms with Gasteiger partial charge in [-0.15, -0.1) is 5.10 Å². The lowest BCUT2D eigenvalue weighted by Crippen LogP contribution is -2.43. The van der Waals surface area contributed by atoms with Gasteiger partial charge in [0.25, 0.3) is 5.91 Å². The predicted molar refractivity (Wildman–Crippen MR) is 110 cm³/mol. The normalized spacial score (nSPS) is 16.0. The number of aromatic nitrogens is 3. The van der Waals surface area contributed by atoms with Crippen LogP contribution in [-0.2, 0) is 10.9 Å². The second-order valence-corrected chi connectivity index (χ2v) is 7.35. The first kappa shape index (κ1) is 22.0. The molecule has 168 valence electrons. The van der Waals surface area contributed by atoms with Crippen LogP contribution >= 0.6 is 0 Å². The van der Waals surface area contributed by atoms with Crippen LogP contribution in [-0.4, -0.2) is 58.6 Å². The molecule has 4 rings (SSSR count). The molecule has 0 spiro atoms. The number of para-hydroxylation sites is 1. The second-order valence-electron chi connectivity index (χ2n) is 7.35. The van der Waals surface area contributed by atoms with Crippen LogP contribution in [0.15, 0.2) is 60.8 Å². The summed E-state index contributed by atoms with van der Waals surface area (Å²) in [6, 6.07) is 14.7. The van der Waals surface area contributed by atoms with E-state index in [1.54, 1.807) is 0 Å². The van der Waals surface area contributed by atoms with Crippen molar-refractivity contribution in [3.63, 3.8) is 0 Å². The molecule has 0 aliphatic carbocycles. The van der Waals surface area contributed by atoms with Crippen molar-refractivity contribution in [2.45, 2.75) is 12.2 Å². The van der Waals surface area contributed by atoms with Gasteiger partial charge in [0.1, 0.15) is 0 Å². The summed E-state index contributed by atoms with van der Waals surface area (Å²) in [7, 11) is 0.